The molecular weight excluding hydrogens is 157 g/mol. The number of halogens is 3. The predicted molar refractivity (Wildman–Crippen MR) is 34.0 cm³/mol. The van der Waals surface area contributed by atoms with E-state index in [-0.39, 0.29) is 6.42 Å². The van der Waals surface area contributed by atoms with Gasteiger partial charge < -0.3 is 5.11 Å². The molecule has 0 spiro atoms. The van der Waals surface area contributed by atoms with Gasteiger partial charge in [-0.25, -0.2) is 0 Å². The van der Waals surface area contributed by atoms with Crippen molar-refractivity contribution in [2.45, 2.75) is 31.5 Å². The van der Waals surface area contributed by atoms with Crippen LogP contribution in [0.2, 0.25) is 0 Å². The van der Waals surface area contributed by atoms with Crippen LogP contribution in [0.3, 0.4) is 0 Å². The largest absolute Gasteiger partial charge is 0.412 e. The Balaban J connectivity index is 2.65. The first-order valence-corrected chi connectivity index (χ1v) is 3.44. The standard InChI is InChI=1S/C7H9F3O/c8-7(9,10)5-2-1-3-6(11)4-5/h2,6,11H,1,3-4H2. The Hall–Kier alpha value is -0.510. The maximum absolute atomic E-state index is 11.9. The Kier molecular flexibility index (Phi) is 2.23. The fourth-order valence-corrected chi connectivity index (χ4v) is 1.12. The summed E-state index contributed by atoms with van der Waals surface area (Å²) in [6, 6.07) is 0. The number of rotatable bonds is 0. The molecule has 1 aliphatic carbocycles. The van der Waals surface area contributed by atoms with Gasteiger partial charge in [0.1, 0.15) is 0 Å². The van der Waals surface area contributed by atoms with Gasteiger partial charge in [0.2, 0.25) is 0 Å². The van der Waals surface area contributed by atoms with Crippen molar-refractivity contribution in [1.29, 1.82) is 0 Å². The number of aliphatic hydroxyl groups is 1. The maximum Gasteiger partial charge on any atom is 0.412 e. The third-order valence-electron chi connectivity index (χ3n) is 1.71. The van der Waals surface area contributed by atoms with E-state index >= 15 is 0 Å². The fraction of sp³-hybridized carbons (Fsp3) is 0.714. The van der Waals surface area contributed by atoms with E-state index in [2.05, 4.69) is 0 Å². The monoisotopic (exact) mass is 166 g/mol. The van der Waals surface area contributed by atoms with Gasteiger partial charge in [-0.15, -0.1) is 0 Å². The smallest absolute Gasteiger partial charge is 0.393 e. The van der Waals surface area contributed by atoms with Gasteiger partial charge in [-0.2, -0.15) is 13.2 Å². The molecule has 0 fully saturated rings. The second-order valence-corrected chi connectivity index (χ2v) is 2.66. The van der Waals surface area contributed by atoms with Crippen LogP contribution in [0.5, 0.6) is 0 Å². The van der Waals surface area contributed by atoms with E-state index in [1.807, 2.05) is 0 Å². The van der Waals surface area contributed by atoms with Crippen molar-refractivity contribution in [2.75, 3.05) is 0 Å². The predicted octanol–water partition coefficient (Wildman–Crippen LogP) is 2.02. The topological polar surface area (TPSA) is 20.2 Å². The molecule has 0 bridgehead atoms. The molecule has 0 aromatic rings. The highest BCUT2D eigenvalue weighted by Gasteiger charge is 2.35. The molecule has 1 unspecified atom stereocenters. The third kappa shape index (κ3) is 2.22. The summed E-state index contributed by atoms with van der Waals surface area (Å²) in [5.74, 6) is 0. The van der Waals surface area contributed by atoms with Gasteiger partial charge in [-0.1, -0.05) is 6.08 Å². The molecule has 1 N–H and O–H groups in total. The maximum atomic E-state index is 11.9. The van der Waals surface area contributed by atoms with Gasteiger partial charge in [0.25, 0.3) is 0 Å². The zero-order chi connectivity index (χ0) is 8.48. The van der Waals surface area contributed by atoms with Crippen LogP contribution >= 0.6 is 0 Å². The molecule has 4 heteroatoms. The highest BCUT2D eigenvalue weighted by Crippen LogP contribution is 2.32. The van der Waals surface area contributed by atoms with E-state index < -0.39 is 17.9 Å². The lowest BCUT2D eigenvalue weighted by molar-refractivity contribution is -0.0986. The molecule has 0 heterocycles. The number of aliphatic hydroxyl groups excluding tert-OH is 1. The van der Waals surface area contributed by atoms with Crippen molar-refractivity contribution in [3.05, 3.63) is 11.6 Å². The lowest BCUT2D eigenvalue weighted by Crippen LogP contribution is -2.21. The molecular formula is C7H9F3O. The summed E-state index contributed by atoms with van der Waals surface area (Å²) < 4.78 is 35.8. The zero-order valence-electron chi connectivity index (χ0n) is 5.86. The molecule has 0 amide bonds. The summed E-state index contributed by atoms with van der Waals surface area (Å²) in [5.41, 5.74) is -0.587. The first-order chi connectivity index (χ1) is 5.00. The molecule has 0 aromatic heterocycles. The summed E-state index contributed by atoms with van der Waals surface area (Å²) in [4.78, 5) is 0. The van der Waals surface area contributed by atoms with E-state index in [0.717, 1.165) is 6.08 Å². The SMILES string of the molecule is OC1CCC=C(C(F)(F)F)C1. The quantitative estimate of drug-likeness (QED) is 0.546. The minimum Gasteiger partial charge on any atom is -0.393 e. The van der Waals surface area contributed by atoms with Gasteiger partial charge >= 0.3 is 6.18 Å². The van der Waals surface area contributed by atoms with Crippen molar-refractivity contribution in [3.8, 4) is 0 Å². The summed E-state index contributed by atoms with van der Waals surface area (Å²) in [6.07, 6.45) is -3.37. The molecule has 1 aliphatic rings. The van der Waals surface area contributed by atoms with Crippen LogP contribution in [-0.2, 0) is 0 Å². The van der Waals surface area contributed by atoms with E-state index in [0.29, 0.717) is 12.8 Å². The Morgan fingerprint density at radius 1 is 1.45 bits per heavy atom. The van der Waals surface area contributed by atoms with Crippen LogP contribution in [0.1, 0.15) is 19.3 Å². The Morgan fingerprint density at radius 3 is 2.45 bits per heavy atom. The molecule has 11 heavy (non-hydrogen) atoms. The fourth-order valence-electron chi connectivity index (χ4n) is 1.12. The van der Waals surface area contributed by atoms with Crippen molar-refractivity contribution in [3.63, 3.8) is 0 Å². The number of hydrogen-bond acceptors (Lipinski definition) is 1. The zero-order valence-corrected chi connectivity index (χ0v) is 5.86. The Labute approximate surface area is 62.5 Å². The van der Waals surface area contributed by atoms with Gasteiger partial charge in [-0.05, 0) is 12.8 Å². The summed E-state index contributed by atoms with van der Waals surface area (Å²) in [6.45, 7) is 0. The summed E-state index contributed by atoms with van der Waals surface area (Å²) >= 11 is 0. The highest BCUT2D eigenvalue weighted by molar-refractivity contribution is 5.12. The Bertz CT molecular complexity index is 171. The lowest BCUT2D eigenvalue weighted by Gasteiger charge is -2.19. The number of alkyl halides is 3. The first kappa shape index (κ1) is 8.59. The van der Waals surface area contributed by atoms with Crippen molar-refractivity contribution < 1.29 is 18.3 Å². The normalized spacial score (nSPS) is 26.5. The minimum atomic E-state index is -4.25. The number of hydrogen-bond donors (Lipinski definition) is 1. The van der Waals surface area contributed by atoms with Crippen LogP contribution < -0.4 is 0 Å². The van der Waals surface area contributed by atoms with Crippen molar-refractivity contribution in [1.82, 2.24) is 0 Å². The van der Waals surface area contributed by atoms with Crippen LogP contribution in [0.25, 0.3) is 0 Å². The molecule has 0 saturated carbocycles. The number of allylic oxidation sites excluding steroid dienone is 1. The van der Waals surface area contributed by atoms with Gasteiger partial charge in [-0.3, -0.25) is 0 Å². The van der Waals surface area contributed by atoms with Crippen LogP contribution in [0, 0.1) is 0 Å². The molecule has 1 atom stereocenters. The van der Waals surface area contributed by atoms with Gasteiger partial charge in [0.05, 0.1) is 6.10 Å². The molecule has 0 radical (unpaired) electrons. The van der Waals surface area contributed by atoms with E-state index in [1.165, 1.54) is 0 Å². The molecule has 1 nitrogen and oxygen atoms in total. The van der Waals surface area contributed by atoms with E-state index in [9.17, 15) is 13.2 Å². The first-order valence-electron chi connectivity index (χ1n) is 3.44. The molecule has 64 valence electrons. The third-order valence-corrected chi connectivity index (χ3v) is 1.71. The summed E-state index contributed by atoms with van der Waals surface area (Å²) in [5, 5.41) is 8.90. The van der Waals surface area contributed by atoms with Crippen molar-refractivity contribution in [2.24, 2.45) is 0 Å². The van der Waals surface area contributed by atoms with Crippen LogP contribution in [0.4, 0.5) is 13.2 Å². The highest BCUT2D eigenvalue weighted by atomic mass is 19.4. The van der Waals surface area contributed by atoms with Crippen molar-refractivity contribution >= 4 is 0 Å². The van der Waals surface area contributed by atoms with E-state index in [4.69, 9.17) is 5.11 Å². The average molecular weight is 166 g/mol. The molecule has 1 rings (SSSR count). The van der Waals surface area contributed by atoms with Crippen LogP contribution in [0.15, 0.2) is 11.6 Å². The second-order valence-electron chi connectivity index (χ2n) is 2.66. The van der Waals surface area contributed by atoms with Gasteiger partial charge in [0.15, 0.2) is 0 Å². The van der Waals surface area contributed by atoms with E-state index in [1.54, 1.807) is 0 Å². The minimum absolute atomic E-state index is 0.247. The molecule has 0 aromatic carbocycles. The van der Waals surface area contributed by atoms with Gasteiger partial charge in [0, 0.05) is 12.0 Å². The molecule has 0 saturated heterocycles. The summed E-state index contributed by atoms with van der Waals surface area (Å²) in [7, 11) is 0. The second kappa shape index (κ2) is 2.85. The molecule has 0 aliphatic heterocycles. The average Bonchev–Trinajstić information content (AvgIpc) is 1.86. The lowest BCUT2D eigenvalue weighted by atomic mass is 9.97. The Morgan fingerprint density at radius 2 is 2.09 bits per heavy atom. The van der Waals surface area contributed by atoms with Crippen LogP contribution in [-0.4, -0.2) is 17.4 Å².